The molecule has 7 heterocycles. The van der Waals surface area contributed by atoms with E-state index in [9.17, 15) is 0 Å². The first-order chi connectivity index (χ1) is 54.0. The van der Waals surface area contributed by atoms with Gasteiger partial charge in [0.2, 0.25) is 5.95 Å². The predicted octanol–water partition coefficient (Wildman–Crippen LogP) is 26.5. The van der Waals surface area contributed by atoms with Crippen LogP contribution in [0.5, 0.6) is 0 Å². The summed E-state index contributed by atoms with van der Waals surface area (Å²) in [6.07, 6.45) is 0. The van der Waals surface area contributed by atoms with E-state index in [0.717, 1.165) is 177 Å². The number of hydrogen-bond acceptors (Lipinski definition) is 5. The van der Waals surface area contributed by atoms with Crippen LogP contribution in [0, 0.1) is 0 Å². The number of aromatic nitrogens is 5. The maximum Gasteiger partial charge on any atom is 0.237 e. The van der Waals surface area contributed by atoms with Crippen LogP contribution in [-0.4, -0.2) is 23.7 Å². The van der Waals surface area contributed by atoms with E-state index in [4.69, 9.17) is 23.2 Å². The molecule has 0 atom stereocenters. The Labute approximate surface area is 622 Å². The molecule has 16 aromatic carbocycles. The summed E-state index contributed by atoms with van der Waals surface area (Å²) in [7, 11) is 0. The van der Waals surface area contributed by atoms with Crippen LogP contribution in [0.3, 0.4) is 0 Å². The Balaban J connectivity index is 0.696. The minimum Gasteiger partial charge on any atom is -0.456 e. The second-order valence-corrected chi connectivity index (χ2v) is 29.4. The Morgan fingerprint density at radius 2 is 0.550 bits per heavy atom. The molecule has 504 valence electrons. The van der Waals surface area contributed by atoms with Crippen molar-refractivity contribution in [3.8, 4) is 84.3 Å². The lowest BCUT2D eigenvalue weighted by molar-refractivity contribution is 0.668. The quantitative estimate of drug-likeness (QED) is 0.159. The van der Waals surface area contributed by atoms with Crippen molar-refractivity contribution in [2.24, 2.45) is 0 Å². The normalized spacial score (nSPS) is 13.0. The molecule has 1 spiro atoms. The molecule has 2 aliphatic carbocycles. The van der Waals surface area contributed by atoms with Gasteiger partial charge < -0.3 is 17.8 Å². The molecule has 0 bridgehead atoms. The third kappa shape index (κ3) is 8.15. The molecule has 0 N–H and O–H groups in total. The lowest BCUT2D eigenvalue weighted by atomic mass is 9.70. The van der Waals surface area contributed by atoms with Crippen LogP contribution in [0.2, 0.25) is 0 Å². The molecule has 7 aromatic heterocycles. The molecule has 2 aliphatic rings. The van der Waals surface area contributed by atoms with Crippen molar-refractivity contribution in [1.29, 1.82) is 0 Å². The Morgan fingerprint density at radius 3 is 1.05 bits per heavy atom. The van der Waals surface area contributed by atoms with E-state index in [0.29, 0.717) is 5.95 Å². The van der Waals surface area contributed by atoms with Gasteiger partial charge >= 0.3 is 0 Å². The smallest absolute Gasteiger partial charge is 0.237 e. The van der Waals surface area contributed by atoms with E-state index >= 15 is 0 Å². The van der Waals surface area contributed by atoms with Crippen molar-refractivity contribution in [1.82, 2.24) is 23.7 Å². The Kier molecular flexibility index (Phi) is 11.7. The number of fused-ring (bicyclic) bond motifs is 28. The SMILES string of the molecule is c1ccc2c(c1)-c1ccccc1C21c2cc(-c3cc(-n4c5ccccc5c5cc(-c6ccc7oc8ccccc8c7c6)ccc54)nc(-n4c5ccccc5c5cc(-c6ccc7oc8ccccc8c7c6)ccc54)n3)ccc2-c2ccc(-n3c4ccccc4c4cc(-c5ccc6oc7ccccc7c6c5)ccc43)cc21. The van der Waals surface area contributed by atoms with Crippen LogP contribution in [0.4, 0.5) is 0 Å². The fraction of sp³-hybridized carbons (Fsp3) is 0.00990. The maximum absolute atomic E-state index is 6.33. The summed E-state index contributed by atoms with van der Waals surface area (Å²) in [5.41, 5.74) is 30.4. The summed E-state index contributed by atoms with van der Waals surface area (Å²) in [4.78, 5) is 11.8. The number of para-hydroxylation sites is 6. The summed E-state index contributed by atoms with van der Waals surface area (Å²) >= 11 is 0. The summed E-state index contributed by atoms with van der Waals surface area (Å²) in [6.45, 7) is 0. The Morgan fingerprint density at radius 1 is 0.211 bits per heavy atom. The highest BCUT2D eigenvalue weighted by atomic mass is 16.3. The number of furan rings is 3. The van der Waals surface area contributed by atoms with Crippen LogP contribution >= 0.6 is 0 Å². The zero-order valence-corrected chi connectivity index (χ0v) is 58.4. The van der Waals surface area contributed by atoms with Gasteiger partial charge in [-0.3, -0.25) is 9.13 Å². The van der Waals surface area contributed by atoms with Gasteiger partial charge in [-0.15, -0.1) is 0 Å². The molecule has 0 amide bonds. The highest BCUT2D eigenvalue weighted by Crippen LogP contribution is 2.64. The first-order valence-corrected chi connectivity index (χ1v) is 37.2. The van der Waals surface area contributed by atoms with Crippen molar-refractivity contribution in [3.63, 3.8) is 0 Å². The first-order valence-electron chi connectivity index (χ1n) is 37.2. The van der Waals surface area contributed by atoms with Gasteiger partial charge in [0.15, 0.2) is 0 Å². The van der Waals surface area contributed by atoms with Crippen LogP contribution < -0.4 is 0 Å². The average Bonchev–Trinajstić information content (AvgIpc) is 1.51. The standard InChI is InChI=1S/C101H57N5O3/c1-9-25-82-66(17-1)67-18-2-10-26-83(67)101(82)84-55-64(33-41-68(84)69-42-40-65(56-85(69)101)104-87-27-11-3-19-70(87)76-49-58(34-43-90(76)104)61-37-46-96-79(52-61)73-22-6-14-30-93(73)107-96)86-57-99(105-88-28-12-4-20-71(88)77-50-59(35-44-91(77)105)62-38-47-97-80(53-62)74-23-7-15-31-94(74)108-97)103-100(102-86)106-89-29-13-5-21-72(89)78-51-60(36-45-92(78)106)63-39-48-98-81(54-63)75-24-8-16-32-95(75)109-98/h1-57H. The van der Waals surface area contributed by atoms with E-state index in [1.807, 2.05) is 36.4 Å². The van der Waals surface area contributed by atoms with Gasteiger partial charge in [0.25, 0.3) is 0 Å². The number of benzene rings is 16. The molecule has 0 saturated heterocycles. The molecular formula is C101H57N5O3. The monoisotopic (exact) mass is 1390 g/mol. The minimum atomic E-state index is -0.718. The summed E-state index contributed by atoms with van der Waals surface area (Å²) in [5, 5.41) is 13.5. The summed E-state index contributed by atoms with van der Waals surface area (Å²) in [6, 6.07) is 126. The fourth-order valence-corrected chi connectivity index (χ4v) is 19.1. The molecule has 0 aliphatic heterocycles. The number of rotatable bonds is 7. The first kappa shape index (κ1) is 58.7. The van der Waals surface area contributed by atoms with Crippen LogP contribution in [0.25, 0.3) is 216 Å². The molecule has 0 radical (unpaired) electrons. The van der Waals surface area contributed by atoms with Crippen molar-refractivity contribution in [2.45, 2.75) is 5.41 Å². The van der Waals surface area contributed by atoms with Crippen molar-refractivity contribution < 1.29 is 13.3 Å². The van der Waals surface area contributed by atoms with E-state index in [2.05, 4.69) is 323 Å². The van der Waals surface area contributed by atoms with Crippen LogP contribution in [0.15, 0.2) is 359 Å². The minimum absolute atomic E-state index is 0.562. The molecule has 0 unspecified atom stereocenters. The van der Waals surface area contributed by atoms with Gasteiger partial charge in [-0.25, -0.2) is 4.98 Å². The van der Waals surface area contributed by atoms with E-state index in [1.54, 1.807) is 0 Å². The third-order valence-electron chi connectivity index (χ3n) is 23.9. The van der Waals surface area contributed by atoms with Crippen LogP contribution in [-0.2, 0) is 5.41 Å². The summed E-state index contributed by atoms with van der Waals surface area (Å²) in [5.74, 6) is 1.31. The lowest BCUT2D eigenvalue weighted by Crippen LogP contribution is -2.26. The van der Waals surface area contributed by atoms with Gasteiger partial charge in [-0.1, -0.05) is 212 Å². The van der Waals surface area contributed by atoms with Gasteiger partial charge in [-0.05, 0) is 205 Å². The van der Waals surface area contributed by atoms with Crippen LogP contribution in [0.1, 0.15) is 22.3 Å². The van der Waals surface area contributed by atoms with E-state index in [-0.39, 0.29) is 0 Å². The average molecular weight is 1390 g/mol. The number of hydrogen-bond donors (Lipinski definition) is 0. The molecule has 0 fully saturated rings. The van der Waals surface area contributed by atoms with Gasteiger partial charge in [0.1, 0.15) is 39.3 Å². The fourth-order valence-electron chi connectivity index (χ4n) is 19.1. The van der Waals surface area contributed by atoms with Crippen molar-refractivity contribution >= 4 is 131 Å². The van der Waals surface area contributed by atoms with Crippen molar-refractivity contribution in [2.75, 3.05) is 0 Å². The molecular weight excluding hydrogens is 1330 g/mol. The largest absolute Gasteiger partial charge is 0.456 e. The Hall–Kier alpha value is -14.6. The predicted molar refractivity (Wildman–Crippen MR) is 445 cm³/mol. The molecule has 109 heavy (non-hydrogen) atoms. The van der Waals surface area contributed by atoms with Crippen molar-refractivity contribution in [3.05, 3.63) is 368 Å². The zero-order chi connectivity index (χ0) is 70.9. The summed E-state index contributed by atoms with van der Waals surface area (Å²) < 4.78 is 26.1. The molecule has 25 rings (SSSR count). The number of nitrogens with zero attached hydrogens (tertiary/aromatic N) is 5. The lowest BCUT2D eigenvalue weighted by Gasteiger charge is -2.31. The highest BCUT2D eigenvalue weighted by Gasteiger charge is 2.52. The maximum atomic E-state index is 6.33. The second-order valence-electron chi connectivity index (χ2n) is 29.4. The molecule has 8 heteroatoms. The highest BCUT2D eigenvalue weighted by molar-refractivity contribution is 6.16. The Bertz CT molecular complexity index is 7670. The molecule has 8 nitrogen and oxygen atoms in total. The second kappa shape index (κ2) is 21.8. The van der Waals surface area contributed by atoms with Gasteiger partial charge in [0.05, 0.1) is 44.2 Å². The molecule has 0 saturated carbocycles. The van der Waals surface area contributed by atoms with E-state index in [1.165, 1.54) is 55.3 Å². The zero-order valence-electron chi connectivity index (χ0n) is 58.4. The third-order valence-corrected chi connectivity index (χ3v) is 23.9. The van der Waals surface area contributed by atoms with E-state index < -0.39 is 5.41 Å². The topological polar surface area (TPSA) is 80.0 Å². The molecule has 23 aromatic rings. The van der Waals surface area contributed by atoms with Gasteiger partial charge in [-0.2, -0.15) is 4.98 Å². The van der Waals surface area contributed by atoms with Gasteiger partial charge in [0, 0.05) is 82.0 Å².